The van der Waals surface area contributed by atoms with Crippen molar-refractivity contribution in [1.82, 2.24) is 10.6 Å². The summed E-state index contributed by atoms with van der Waals surface area (Å²) >= 11 is 0. The molecule has 34 heavy (non-hydrogen) atoms. The number of aliphatic carboxylic acids is 1. The summed E-state index contributed by atoms with van der Waals surface area (Å²) in [7, 11) is 0. The van der Waals surface area contributed by atoms with Crippen LogP contribution in [0.3, 0.4) is 0 Å². The number of hydrogen-bond acceptors (Lipinski definition) is 4. The summed E-state index contributed by atoms with van der Waals surface area (Å²) in [6.45, 7) is 0.588. The van der Waals surface area contributed by atoms with Crippen molar-refractivity contribution in [2.45, 2.75) is 50.0 Å². The molecule has 0 radical (unpaired) electrons. The molecule has 5 rings (SSSR count). The standard InChI is InChI=1S/C27H30N2O5/c30-24(29-27(25(31)32)12-6-1-7-13-27)22-14-17(22)15-28-26(33)34-16-23-20-10-4-2-8-18(20)19-9-3-5-11-21(19)23/h2-5,8-11,17,22-23H,1,6-7,12-16H2,(H,28,33)(H,29,30)(H,31,32)/t17-,22-/m1/s1. The number of carbonyl (C=O) groups excluding carboxylic acids is 2. The molecule has 0 aromatic heterocycles. The molecular weight excluding hydrogens is 432 g/mol. The summed E-state index contributed by atoms with van der Waals surface area (Å²) in [5, 5.41) is 15.3. The lowest BCUT2D eigenvalue weighted by Gasteiger charge is -2.34. The Morgan fingerprint density at radius 3 is 2.18 bits per heavy atom. The lowest BCUT2D eigenvalue weighted by molar-refractivity contribution is -0.149. The van der Waals surface area contributed by atoms with Crippen molar-refractivity contribution < 1.29 is 24.2 Å². The normalized spacial score (nSPS) is 22.2. The van der Waals surface area contributed by atoms with E-state index in [9.17, 15) is 19.5 Å². The lowest BCUT2D eigenvalue weighted by Crippen LogP contribution is -2.56. The highest BCUT2D eigenvalue weighted by molar-refractivity contribution is 5.89. The molecule has 3 aliphatic rings. The van der Waals surface area contributed by atoms with Crippen LogP contribution in [0.25, 0.3) is 11.1 Å². The first-order valence-corrected chi connectivity index (χ1v) is 12.1. The number of hydrogen-bond donors (Lipinski definition) is 3. The number of carboxylic acid groups (broad SMARTS) is 1. The van der Waals surface area contributed by atoms with Gasteiger partial charge in [-0.15, -0.1) is 0 Å². The average molecular weight is 463 g/mol. The minimum absolute atomic E-state index is 0.000280. The van der Waals surface area contributed by atoms with E-state index in [1.807, 2.05) is 24.3 Å². The molecule has 0 heterocycles. The molecule has 7 nitrogen and oxygen atoms in total. The topological polar surface area (TPSA) is 105 Å². The van der Waals surface area contributed by atoms with Crippen molar-refractivity contribution in [2.24, 2.45) is 11.8 Å². The van der Waals surface area contributed by atoms with Gasteiger partial charge in [0.2, 0.25) is 5.91 Å². The van der Waals surface area contributed by atoms with Gasteiger partial charge in [-0.2, -0.15) is 0 Å². The largest absolute Gasteiger partial charge is 0.480 e. The summed E-state index contributed by atoms with van der Waals surface area (Å²) in [4.78, 5) is 36.8. The van der Waals surface area contributed by atoms with Crippen LogP contribution in [0.2, 0.25) is 0 Å². The molecule has 0 spiro atoms. The van der Waals surface area contributed by atoms with E-state index in [-0.39, 0.29) is 30.3 Å². The molecule has 0 unspecified atom stereocenters. The Hall–Kier alpha value is -3.35. The predicted molar refractivity (Wildman–Crippen MR) is 126 cm³/mol. The monoisotopic (exact) mass is 462 g/mol. The summed E-state index contributed by atoms with van der Waals surface area (Å²) in [6.07, 6.45) is 3.72. The fourth-order valence-corrected chi connectivity index (χ4v) is 5.53. The van der Waals surface area contributed by atoms with Crippen LogP contribution in [0, 0.1) is 11.8 Å². The van der Waals surface area contributed by atoms with E-state index in [2.05, 4.69) is 34.9 Å². The van der Waals surface area contributed by atoms with Gasteiger partial charge in [0.25, 0.3) is 0 Å². The van der Waals surface area contributed by atoms with Crippen molar-refractivity contribution in [3.05, 3.63) is 59.7 Å². The highest BCUT2D eigenvalue weighted by atomic mass is 16.5. The molecule has 0 aliphatic heterocycles. The van der Waals surface area contributed by atoms with Crippen molar-refractivity contribution in [2.75, 3.05) is 13.2 Å². The summed E-state index contributed by atoms with van der Waals surface area (Å²) < 4.78 is 5.55. The first kappa shape index (κ1) is 22.4. The zero-order valence-electron chi connectivity index (χ0n) is 19.1. The maximum absolute atomic E-state index is 12.7. The van der Waals surface area contributed by atoms with Crippen LogP contribution >= 0.6 is 0 Å². The van der Waals surface area contributed by atoms with E-state index >= 15 is 0 Å². The van der Waals surface area contributed by atoms with Gasteiger partial charge in [0.05, 0.1) is 0 Å². The number of nitrogens with one attached hydrogen (secondary N) is 2. The van der Waals surface area contributed by atoms with Gasteiger partial charge in [-0.25, -0.2) is 9.59 Å². The van der Waals surface area contributed by atoms with Crippen molar-refractivity contribution >= 4 is 18.0 Å². The molecule has 3 aliphatic carbocycles. The first-order valence-electron chi connectivity index (χ1n) is 12.1. The van der Waals surface area contributed by atoms with Crippen molar-refractivity contribution in [1.29, 1.82) is 0 Å². The SMILES string of the molecule is O=C(NC[C@H]1C[C@H]1C(=O)NC1(C(=O)O)CCCCC1)OCC1c2ccccc2-c2ccccc21. The number of fused-ring (bicyclic) bond motifs is 3. The summed E-state index contributed by atoms with van der Waals surface area (Å²) in [5.74, 6) is -1.42. The summed E-state index contributed by atoms with van der Waals surface area (Å²) in [6, 6.07) is 16.4. The zero-order valence-corrected chi connectivity index (χ0v) is 19.1. The van der Waals surface area contributed by atoms with Gasteiger partial charge < -0.3 is 20.5 Å². The number of carbonyl (C=O) groups is 3. The molecule has 0 saturated heterocycles. The van der Waals surface area contributed by atoms with Gasteiger partial charge in [0, 0.05) is 18.4 Å². The predicted octanol–water partition coefficient (Wildman–Crippen LogP) is 4.06. The van der Waals surface area contributed by atoms with Crippen LogP contribution in [0.5, 0.6) is 0 Å². The Bertz CT molecular complexity index is 1060. The van der Waals surface area contributed by atoms with Gasteiger partial charge in [-0.3, -0.25) is 4.79 Å². The van der Waals surface area contributed by atoms with E-state index in [1.54, 1.807) is 0 Å². The Balaban J connectivity index is 1.11. The van der Waals surface area contributed by atoms with Crippen LogP contribution in [-0.2, 0) is 14.3 Å². The third kappa shape index (κ3) is 4.27. The van der Waals surface area contributed by atoms with E-state index < -0.39 is 17.6 Å². The summed E-state index contributed by atoms with van der Waals surface area (Å²) in [5.41, 5.74) is 3.53. The van der Waals surface area contributed by atoms with Crippen LogP contribution in [-0.4, -0.2) is 41.8 Å². The molecule has 2 atom stereocenters. The number of rotatable bonds is 7. The molecule has 2 fully saturated rings. The minimum Gasteiger partial charge on any atom is -0.480 e. The van der Waals surface area contributed by atoms with Crippen molar-refractivity contribution in [3.8, 4) is 11.1 Å². The Kier molecular flexibility index (Phi) is 6.02. The molecule has 2 aromatic carbocycles. The molecule has 3 N–H and O–H groups in total. The van der Waals surface area contributed by atoms with E-state index in [0.717, 1.165) is 30.4 Å². The molecule has 2 amide bonds. The molecule has 0 bridgehead atoms. The van der Waals surface area contributed by atoms with Crippen LogP contribution in [0.4, 0.5) is 4.79 Å². The smallest absolute Gasteiger partial charge is 0.407 e. The molecule has 2 aromatic rings. The fourth-order valence-electron chi connectivity index (χ4n) is 5.53. The second kappa shape index (κ2) is 9.12. The zero-order chi connectivity index (χ0) is 23.7. The minimum atomic E-state index is -1.14. The second-order valence-electron chi connectivity index (χ2n) is 9.75. The van der Waals surface area contributed by atoms with E-state index in [0.29, 0.717) is 25.8 Å². The second-order valence-corrected chi connectivity index (χ2v) is 9.75. The first-order chi connectivity index (χ1) is 16.5. The quantitative estimate of drug-likeness (QED) is 0.576. The van der Waals surface area contributed by atoms with Crippen LogP contribution in [0.15, 0.2) is 48.5 Å². The van der Waals surface area contributed by atoms with Gasteiger partial charge >= 0.3 is 12.1 Å². The van der Waals surface area contributed by atoms with Gasteiger partial charge in [0.1, 0.15) is 12.1 Å². The number of carboxylic acids is 1. The Morgan fingerprint density at radius 1 is 0.941 bits per heavy atom. The van der Waals surface area contributed by atoms with Gasteiger partial charge in [0.15, 0.2) is 0 Å². The highest BCUT2D eigenvalue weighted by Crippen LogP contribution is 2.44. The molecule has 178 valence electrons. The third-order valence-electron chi connectivity index (χ3n) is 7.59. The van der Waals surface area contributed by atoms with Crippen LogP contribution < -0.4 is 10.6 Å². The Morgan fingerprint density at radius 2 is 1.56 bits per heavy atom. The number of amides is 2. The van der Waals surface area contributed by atoms with Gasteiger partial charge in [-0.05, 0) is 47.4 Å². The molecular formula is C27H30N2O5. The fraction of sp³-hybridized carbons (Fsp3) is 0.444. The van der Waals surface area contributed by atoms with E-state index in [1.165, 1.54) is 11.1 Å². The number of alkyl carbamates (subject to hydrolysis) is 1. The highest BCUT2D eigenvalue weighted by Gasteiger charge is 2.48. The number of ether oxygens (including phenoxy) is 1. The maximum Gasteiger partial charge on any atom is 0.407 e. The number of benzene rings is 2. The Labute approximate surface area is 198 Å². The average Bonchev–Trinajstić information content (AvgIpc) is 3.57. The van der Waals surface area contributed by atoms with Crippen LogP contribution in [0.1, 0.15) is 55.6 Å². The maximum atomic E-state index is 12.7. The molecule has 7 heteroatoms. The van der Waals surface area contributed by atoms with E-state index in [4.69, 9.17) is 4.74 Å². The van der Waals surface area contributed by atoms with Gasteiger partial charge in [-0.1, -0.05) is 67.8 Å². The third-order valence-corrected chi connectivity index (χ3v) is 7.59. The van der Waals surface area contributed by atoms with Crippen molar-refractivity contribution in [3.63, 3.8) is 0 Å². The lowest BCUT2D eigenvalue weighted by atomic mass is 9.81. The molecule has 2 saturated carbocycles.